The van der Waals surface area contributed by atoms with Crippen molar-refractivity contribution in [3.05, 3.63) is 0 Å². The number of nitrogens with zero attached hydrogens (tertiary/aromatic N) is 1. The van der Waals surface area contributed by atoms with Gasteiger partial charge in [0.1, 0.15) is 0 Å². The van der Waals surface area contributed by atoms with Crippen LogP contribution in [-0.4, -0.2) is 37.1 Å². The lowest BCUT2D eigenvalue weighted by Gasteiger charge is -2.36. The normalized spacial score (nSPS) is 25.8. The van der Waals surface area contributed by atoms with E-state index in [1.807, 2.05) is 0 Å². The van der Waals surface area contributed by atoms with Gasteiger partial charge in [-0.15, -0.1) is 0 Å². The molecule has 0 aliphatic carbocycles. The molecule has 1 N–H and O–H groups in total. The lowest BCUT2D eigenvalue weighted by Crippen LogP contribution is -2.53. The maximum absolute atomic E-state index is 3.65. The fourth-order valence-corrected chi connectivity index (χ4v) is 2.15. The molecule has 0 amide bonds. The minimum Gasteiger partial charge on any atom is -0.311 e. The maximum atomic E-state index is 3.65. The van der Waals surface area contributed by atoms with Gasteiger partial charge in [-0.3, -0.25) is 0 Å². The topological polar surface area (TPSA) is 15.3 Å². The molecule has 2 unspecified atom stereocenters. The summed E-state index contributed by atoms with van der Waals surface area (Å²) in [6.07, 6.45) is 2.63. The predicted octanol–water partition coefficient (Wildman–Crippen LogP) is 2.35. The molecule has 1 aliphatic rings. The smallest absolute Gasteiger partial charge is 0.0221 e. The molecule has 0 aromatic carbocycles. The molecule has 0 saturated carbocycles. The van der Waals surface area contributed by atoms with Crippen molar-refractivity contribution in [1.82, 2.24) is 10.2 Å². The second-order valence-electron chi connectivity index (χ2n) is 5.43. The van der Waals surface area contributed by atoms with E-state index in [4.69, 9.17) is 0 Å². The summed E-state index contributed by atoms with van der Waals surface area (Å²) in [5, 5.41) is 3.65. The van der Waals surface area contributed by atoms with Crippen LogP contribution in [0.5, 0.6) is 0 Å². The van der Waals surface area contributed by atoms with E-state index in [-0.39, 0.29) is 0 Å². The van der Waals surface area contributed by atoms with Crippen molar-refractivity contribution in [1.29, 1.82) is 0 Å². The number of hydrogen-bond donors (Lipinski definition) is 1. The van der Waals surface area contributed by atoms with E-state index in [2.05, 4.69) is 37.9 Å². The van der Waals surface area contributed by atoms with E-state index >= 15 is 0 Å². The minimum absolute atomic E-state index is 0.718. The van der Waals surface area contributed by atoms with Crippen LogP contribution in [0.25, 0.3) is 0 Å². The van der Waals surface area contributed by atoms with Crippen molar-refractivity contribution < 1.29 is 0 Å². The SMILES string of the molecule is CCC(C)C1CN(CCC(C)C)CCN1. The fourth-order valence-electron chi connectivity index (χ4n) is 2.15. The second-order valence-corrected chi connectivity index (χ2v) is 5.43. The highest BCUT2D eigenvalue weighted by Gasteiger charge is 2.22. The van der Waals surface area contributed by atoms with Gasteiger partial charge < -0.3 is 10.2 Å². The van der Waals surface area contributed by atoms with Gasteiger partial charge in [0.2, 0.25) is 0 Å². The Bertz CT molecular complexity index is 168. The van der Waals surface area contributed by atoms with E-state index in [9.17, 15) is 0 Å². The van der Waals surface area contributed by atoms with Crippen LogP contribution in [0.2, 0.25) is 0 Å². The number of hydrogen-bond acceptors (Lipinski definition) is 2. The Morgan fingerprint density at radius 2 is 2.07 bits per heavy atom. The summed E-state index contributed by atoms with van der Waals surface area (Å²) in [5.41, 5.74) is 0. The Morgan fingerprint density at radius 1 is 1.33 bits per heavy atom. The zero-order valence-electron chi connectivity index (χ0n) is 10.9. The number of nitrogens with one attached hydrogen (secondary N) is 1. The van der Waals surface area contributed by atoms with E-state index in [0.29, 0.717) is 0 Å². The largest absolute Gasteiger partial charge is 0.311 e. The molecule has 2 atom stereocenters. The average molecular weight is 212 g/mol. The third-order valence-electron chi connectivity index (χ3n) is 3.64. The Morgan fingerprint density at radius 3 is 2.67 bits per heavy atom. The van der Waals surface area contributed by atoms with Crippen LogP contribution in [0.4, 0.5) is 0 Å². The molecule has 0 bridgehead atoms. The summed E-state index contributed by atoms with van der Waals surface area (Å²) in [4.78, 5) is 2.63. The molecular weight excluding hydrogens is 184 g/mol. The zero-order chi connectivity index (χ0) is 11.3. The van der Waals surface area contributed by atoms with Gasteiger partial charge in [0.25, 0.3) is 0 Å². The Kier molecular flexibility index (Phi) is 5.62. The molecule has 1 heterocycles. The zero-order valence-corrected chi connectivity index (χ0v) is 10.9. The molecule has 90 valence electrons. The van der Waals surface area contributed by atoms with Crippen molar-refractivity contribution in [2.24, 2.45) is 11.8 Å². The lowest BCUT2D eigenvalue weighted by atomic mass is 9.97. The van der Waals surface area contributed by atoms with Crippen molar-refractivity contribution in [3.8, 4) is 0 Å². The molecule has 1 fully saturated rings. The van der Waals surface area contributed by atoms with Gasteiger partial charge in [-0.2, -0.15) is 0 Å². The molecule has 1 aliphatic heterocycles. The molecule has 1 saturated heterocycles. The van der Waals surface area contributed by atoms with Gasteiger partial charge in [-0.05, 0) is 24.8 Å². The summed E-state index contributed by atoms with van der Waals surface area (Å²) in [6, 6.07) is 0.718. The lowest BCUT2D eigenvalue weighted by molar-refractivity contribution is 0.162. The average Bonchev–Trinajstić information content (AvgIpc) is 2.25. The van der Waals surface area contributed by atoms with Crippen LogP contribution < -0.4 is 5.32 Å². The van der Waals surface area contributed by atoms with Gasteiger partial charge in [-0.1, -0.05) is 34.1 Å². The van der Waals surface area contributed by atoms with Crippen LogP contribution in [0, 0.1) is 11.8 Å². The summed E-state index contributed by atoms with van der Waals surface area (Å²) < 4.78 is 0. The monoisotopic (exact) mass is 212 g/mol. The highest BCUT2D eigenvalue weighted by Crippen LogP contribution is 2.13. The van der Waals surface area contributed by atoms with Crippen LogP contribution in [0.3, 0.4) is 0 Å². The maximum Gasteiger partial charge on any atom is 0.0221 e. The van der Waals surface area contributed by atoms with E-state index in [0.717, 1.165) is 17.9 Å². The summed E-state index contributed by atoms with van der Waals surface area (Å²) in [5.74, 6) is 1.65. The van der Waals surface area contributed by atoms with Crippen molar-refractivity contribution >= 4 is 0 Å². The number of piperazine rings is 1. The quantitative estimate of drug-likeness (QED) is 0.752. The fraction of sp³-hybridized carbons (Fsp3) is 1.00. The Balaban J connectivity index is 2.29. The first-order valence-corrected chi connectivity index (χ1v) is 6.59. The van der Waals surface area contributed by atoms with Crippen molar-refractivity contribution in [2.45, 2.75) is 46.6 Å². The molecule has 2 nitrogen and oxygen atoms in total. The van der Waals surface area contributed by atoms with Crippen molar-refractivity contribution in [2.75, 3.05) is 26.2 Å². The molecule has 15 heavy (non-hydrogen) atoms. The standard InChI is InChI=1S/C13H28N2/c1-5-12(4)13-10-15(9-7-14-13)8-6-11(2)3/h11-14H,5-10H2,1-4H3. The van der Waals surface area contributed by atoms with E-state index < -0.39 is 0 Å². The van der Waals surface area contributed by atoms with Gasteiger partial charge in [-0.25, -0.2) is 0 Å². The molecule has 0 spiro atoms. The van der Waals surface area contributed by atoms with Crippen LogP contribution in [0.15, 0.2) is 0 Å². The molecule has 2 heteroatoms. The van der Waals surface area contributed by atoms with Gasteiger partial charge in [0, 0.05) is 25.7 Å². The molecule has 1 rings (SSSR count). The van der Waals surface area contributed by atoms with E-state index in [1.165, 1.54) is 39.0 Å². The summed E-state index contributed by atoms with van der Waals surface area (Å²) in [7, 11) is 0. The van der Waals surface area contributed by atoms with Gasteiger partial charge in [0.15, 0.2) is 0 Å². The highest BCUT2D eigenvalue weighted by molar-refractivity contribution is 4.81. The van der Waals surface area contributed by atoms with Crippen LogP contribution in [-0.2, 0) is 0 Å². The molecule has 0 radical (unpaired) electrons. The third-order valence-corrected chi connectivity index (χ3v) is 3.64. The molecule has 0 aromatic heterocycles. The Labute approximate surface area is 95.4 Å². The molecule has 0 aromatic rings. The van der Waals surface area contributed by atoms with Crippen molar-refractivity contribution in [3.63, 3.8) is 0 Å². The van der Waals surface area contributed by atoms with Crippen LogP contribution >= 0.6 is 0 Å². The molecular formula is C13H28N2. The Hall–Kier alpha value is -0.0800. The van der Waals surface area contributed by atoms with Crippen LogP contribution in [0.1, 0.15) is 40.5 Å². The first-order chi connectivity index (χ1) is 7.13. The van der Waals surface area contributed by atoms with Gasteiger partial charge in [0.05, 0.1) is 0 Å². The third kappa shape index (κ3) is 4.52. The van der Waals surface area contributed by atoms with Gasteiger partial charge >= 0.3 is 0 Å². The summed E-state index contributed by atoms with van der Waals surface area (Å²) >= 11 is 0. The highest BCUT2D eigenvalue weighted by atomic mass is 15.2. The summed E-state index contributed by atoms with van der Waals surface area (Å²) in [6.45, 7) is 14.2. The first kappa shape index (κ1) is 13.0. The second kappa shape index (κ2) is 6.49. The number of rotatable bonds is 5. The minimum atomic E-state index is 0.718. The first-order valence-electron chi connectivity index (χ1n) is 6.59. The van der Waals surface area contributed by atoms with E-state index in [1.54, 1.807) is 0 Å². The predicted molar refractivity (Wildman–Crippen MR) is 67.1 cm³/mol.